The topological polar surface area (TPSA) is 95.3 Å². The molecule has 2 aliphatic rings. The predicted molar refractivity (Wildman–Crippen MR) is 102 cm³/mol. The molecule has 2 aliphatic carbocycles. The van der Waals surface area contributed by atoms with Crippen LogP contribution >= 0.6 is 11.8 Å². The molecular weight excluding hydrogens is 362 g/mol. The fourth-order valence-electron chi connectivity index (χ4n) is 4.27. The van der Waals surface area contributed by atoms with E-state index < -0.39 is 12.2 Å². The van der Waals surface area contributed by atoms with Crippen LogP contribution in [0.5, 0.6) is 0 Å². The second-order valence-corrected chi connectivity index (χ2v) is 8.51. The molecule has 2 saturated carbocycles. The van der Waals surface area contributed by atoms with Gasteiger partial charge in [0.05, 0.1) is 12.2 Å². The number of rotatable bonds is 4. The molecule has 7 heteroatoms. The van der Waals surface area contributed by atoms with Crippen LogP contribution in [0.3, 0.4) is 0 Å². The molecule has 27 heavy (non-hydrogen) atoms. The minimum atomic E-state index is -0.709. The fourth-order valence-corrected chi connectivity index (χ4v) is 5.04. The van der Waals surface area contributed by atoms with Crippen LogP contribution < -0.4 is 5.32 Å². The van der Waals surface area contributed by atoms with E-state index in [1.54, 1.807) is 18.5 Å². The van der Waals surface area contributed by atoms with Crippen molar-refractivity contribution >= 4 is 23.4 Å². The third-order valence-electron chi connectivity index (χ3n) is 5.51. The van der Waals surface area contributed by atoms with E-state index >= 15 is 0 Å². The number of nitrogens with one attached hydrogen (secondary N) is 1. The van der Waals surface area contributed by atoms with Gasteiger partial charge in [0.1, 0.15) is 10.1 Å². The monoisotopic (exact) mass is 385 g/mol. The number of aromatic nitrogens is 2. The van der Waals surface area contributed by atoms with Gasteiger partial charge in [-0.25, -0.2) is 9.97 Å². The van der Waals surface area contributed by atoms with Gasteiger partial charge in [0.25, 0.3) is 0 Å². The summed E-state index contributed by atoms with van der Waals surface area (Å²) in [5.74, 6) is 0.172. The van der Waals surface area contributed by atoms with E-state index in [4.69, 9.17) is 0 Å². The van der Waals surface area contributed by atoms with Crippen molar-refractivity contribution in [1.29, 1.82) is 0 Å². The third kappa shape index (κ3) is 4.31. The molecule has 0 aliphatic heterocycles. The van der Waals surface area contributed by atoms with Gasteiger partial charge in [-0.3, -0.25) is 4.79 Å². The largest absolute Gasteiger partial charge is 0.390 e. The zero-order chi connectivity index (χ0) is 18.8. The van der Waals surface area contributed by atoms with Gasteiger partial charge in [-0.15, -0.1) is 0 Å². The molecule has 0 saturated heterocycles. The van der Waals surface area contributed by atoms with Crippen molar-refractivity contribution in [3.05, 3.63) is 42.7 Å². The Morgan fingerprint density at radius 1 is 1.04 bits per heavy atom. The molecule has 142 valence electrons. The number of aliphatic hydroxyl groups excluding tert-OH is 2. The third-order valence-corrected chi connectivity index (χ3v) is 6.40. The molecule has 2 aromatic heterocycles. The zero-order valence-corrected chi connectivity index (χ0v) is 15.7. The van der Waals surface area contributed by atoms with E-state index in [1.807, 2.05) is 24.3 Å². The quantitative estimate of drug-likeness (QED) is 0.749. The average molecular weight is 385 g/mol. The summed E-state index contributed by atoms with van der Waals surface area (Å²) >= 11 is 1.44. The van der Waals surface area contributed by atoms with Crippen LogP contribution in [-0.2, 0) is 4.79 Å². The number of carbonyl (C=O) groups excluding carboxylic acids is 1. The van der Waals surface area contributed by atoms with E-state index in [0.717, 1.165) is 22.9 Å². The number of fused-ring (bicyclic) bond motifs is 2. The smallest absolute Gasteiger partial charge is 0.227 e. The minimum Gasteiger partial charge on any atom is -0.390 e. The molecule has 2 bridgehead atoms. The summed E-state index contributed by atoms with van der Waals surface area (Å²) in [7, 11) is 0. The Balaban J connectivity index is 1.40. The van der Waals surface area contributed by atoms with Crippen LogP contribution in [-0.4, -0.2) is 38.3 Å². The lowest BCUT2D eigenvalue weighted by Gasteiger charge is -2.43. The second-order valence-electron chi connectivity index (χ2n) is 7.47. The molecule has 0 spiro atoms. The normalized spacial score (nSPS) is 29.9. The molecular formula is C20H23N3O3S. The summed E-state index contributed by atoms with van der Waals surface area (Å²) < 4.78 is 0. The van der Waals surface area contributed by atoms with E-state index in [0.29, 0.717) is 24.4 Å². The Labute approximate surface area is 162 Å². The highest BCUT2D eigenvalue weighted by molar-refractivity contribution is 7.99. The lowest BCUT2D eigenvalue weighted by Crippen LogP contribution is -2.46. The number of aliphatic hydroxyl groups is 2. The first-order valence-corrected chi connectivity index (χ1v) is 10.1. The number of carbonyl (C=O) groups is 1. The molecule has 4 rings (SSSR count). The van der Waals surface area contributed by atoms with Crippen molar-refractivity contribution in [1.82, 2.24) is 9.97 Å². The Hall–Kier alpha value is -1.96. The molecule has 2 heterocycles. The maximum Gasteiger partial charge on any atom is 0.227 e. The van der Waals surface area contributed by atoms with Crippen molar-refractivity contribution < 1.29 is 15.0 Å². The SMILES string of the molecule is O=C(Nc1ccnc(Sc2ccccn2)c1)[C@H]1C[C@H]2C[C@@H](C1)[C@H](O)[C@H](O)C2. The summed E-state index contributed by atoms with van der Waals surface area (Å²) in [5, 5.41) is 24.7. The highest BCUT2D eigenvalue weighted by atomic mass is 32.2. The molecule has 0 radical (unpaired) electrons. The molecule has 3 N–H and O–H groups in total. The molecule has 2 aromatic rings. The van der Waals surface area contributed by atoms with Crippen molar-refractivity contribution in [2.75, 3.05) is 5.32 Å². The Morgan fingerprint density at radius 2 is 1.89 bits per heavy atom. The van der Waals surface area contributed by atoms with E-state index in [1.165, 1.54) is 11.8 Å². The van der Waals surface area contributed by atoms with Gasteiger partial charge in [0.15, 0.2) is 0 Å². The number of hydrogen-bond donors (Lipinski definition) is 3. The fraction of sp³-hybridized carbons (Fsp3) is 0.450. The standard InChI is InChI=1S/C20H23N3O3S/c24-16-9-12-7-13(19(16)25)10-14(8-12)20(26)23-15-4-6-22-18(11-15)27-17-3-1-2-5-21-17/h1-6,11-14,16,19,24-25H,7-10H2,(H,22,23,26)/t12-,13+,14+,16-,19+/m1/s1. The van der Waals surface area contributed by atoms with Crippen LogP contribution in [0.1, 0.15) is 25.7 Å². The van der Waals surface area contributed by atoms with Gasteiger partial charge in [0, 0.05) is 24.0 Å². The Bertz CT molecular complexity index is 802. The minimum absolute atomic E-state index is 0.0101. The number of hydrogen-bond acceptors (Lipinski definition) is 6. The van der Waals surface area contributed by atoms with Gasteiger partial charge in [0.2, 0.25) is 5.91 Å². The van der Waals surface area contributed by atoms with Crippen LogP contribution in [0.4, 0.5) is 5.69 Å². The number of nitrogens with zero attached hydrogens (tertiary/aromatic N) is 2. The van der Waals surface area contributed by atoms with Crippen molar-refractivity contribution in [3.63, 3.8) is 0 Å². The predicted octanol–water partition coefficient (Wildman–Crippen LogP) is 2.72. The summed E-state index contributed by atoms with van der Waals surface area (Å²) in [4.78, 5) is 21.4. The molecule has 0 aromatic carbocycles. The lowest BCUT2D eigenvalue weighted by atomic mass is 9.65. The second kappa shape index (κ2) is 7.96. The first-order valence-electron chi connectivity index (χ1n) is 9.30. The van der Waals surface area contributed by atoms with Gasteiger partial charge < -0.3 is 15.5 Å². The van der Waals surface area contributed by atoms with Crippen LogP contribution in [0, 0.1) is 17.8 Å². The van der Waals surface area contributed by atoms with Crippen molar-refractivity contribution in [2.24, 2.45) is 17.8 Å². The van der Waals surface area contributed by atoms with E-state index in [9.17, 15) is 15.0 Å². The lowest BCUT2D eigenvalue weighted by molar-refractivity contribution is -0.128. The first kappa shape index (κ1) is 18.4. The molecule has 5 atom stereocenters. The van der Waals surface area contributed by atoms with Crippen LogP contribution in [0.2, 0.25) is 0 Å². The van der Waals surface area contributed by atoms with Crippen LogP contribution in [0.15, 0.2) is 52.8 Å². The zero-order valence-electron chi connectivity index (χ0n) is 14.9. The highest BCUT2D eigenvalue weighted by Crippen LogP contribution is 2.43. The van der Waals surface area contributed by atoms with Crippen molar-refractivity contribution in [2.45, 2.75) is 47.9 Å². The molecule has 1 amide bonds. The highest BCUT2D eigenvalue weighted by Gasteiger charge is 2.43. The maximum atomic E-state index is 12.8. The van der Waals surface area contributed by atoms with E-state index in [2.05, 4.69) is 15.3 Å². The average Bonchev–Trinajstić information content (AvgIpc) is 2.67. The van der Waals surface area contributed by atoms with E-state index in [-0.39, 0.29) is 17.7 Å². The van der Waals surface area contributed by atoms with Gasteiger partial charge in [-0.1, -0.05) is 17.8 Å². The van der Waals surface area contributed by atoms with Gasteiger partial charge in [-0.2, -0.15) is 0 Å². The molecule has 0 unspecified atom stereocenters. The summed E-state index contributed by atoms with van der Waals surface area (Å²) in [5.41, 5.74) is 0.713. The number of amides is 1. The molecule has 6 nitrogen and oxygen atoms in total. The Morgan fingerprint density at radius 3 is 2.70 bits per heavy atom. The maximum absolute atomic E-state index is 12.8. The summed E-state index contributed by atoms with van der Waals surface area (Å²) in [6.07, 6.45) is 4.94. The number of pyridine rings is 2. The van der Waals surface area contributed by atoms with Crippen molar-refractivity contribution in [3.8, 4) is 0 Å². The van der Waals surface area contributed by atoms with Gasteiger partial charge >= 0.3 is 0 Å². The molecule has 2 fully saturated rings. The summed E-state index contributed by atoms with van der Waals surface area (Å²) in [6, 6.07) is 9.33. The summed E-state index contributed by atoms with van der Waals surface area (Å²) in [6.45, 7) is 0. The van der Waals surface area contributed by atoms with Gasteiger partial charge in [-0.05, 0) is 61.8 Å². The van der Waals surface area contributed by atoms with Crippen LogP contribution in [0.25, 0.3) is 0 Å². The first-order chi connectivity index (χ1) is 13.1. The number of anilines is 1. The Kier molecular flexibility index (Phi) is 5.43.